The lowest BCUT2D eigenvalue weighted by molar-refractivity contribution is 0.0945. The highest BCUT2D eigenvalue weighted by Crippen LogP contribution is 2.28. The van der Waals surface area contributed by atoms with Gasteiger partial charge in [0.25, 0.3) is 0 Å². The first-order valence-electron chi connectivity index (χ1n) is 9.77. The molecule has 0 aliphatic heterocycles. The lowest BCUT2D eigenvalue weighted by Crippen LogP contribution is -2.30. The van der Waals surface area contributed by atoms with Gasteiger partial charge in [-0.05, 0) is 30.5 Å². The Balaban J connectivity index is 1.59. The van der Waals surface area contributed by atoms with E-state index in [1.807, 2.05) is 48.5 Å². The summed E-state index contributed by atoms with van der Waals surface area (Å²) in [4.78, 5) is 16.6. The van der Waals surface area contributed by atoms with Crippen LogP contribution in [0.15, 0.2) is 79.0 Å². The second-order valence-electron chi connectivity index (χ2n) is 7.26. The van der Waals surface area contributed by atoms with Crippen molar-refractivity contribution in [2.75, 3.05) is 6.54 Å². The van der Waals surface area contributed by atoms with Crippen molar-refractivity contribution in [3.05, 3.63) is 106 Å². The van der Waals surface area contributed by atoms with Crippen molar-refractivity contribution < 1.29 is 4.79 Å². The monoisotopic (exact) mass is 402 g/mol. The van der Waals surface area contributed by atoms with Crippen molar-refractivity contribution in [2.24, 2.45) is 0 Å². The topological polar surface area (TPSA) is 44.9 Å². The number of Topliss-reactive ketones (excluding diaryl/α,β-unsaturated/α-hetero) is 1. The molecule has 3 aromatic carbocycles. The van der Waals surface area contributed by atoms with Gasteiger partial charge in [-0.1, -0.05) is 83.9 Å². The van der Waals surface area contributed by atoms with E-state index in [1.165, 1.54) is 11.1 Å². The highest BCUT2D eigenvalue weighted by molar-refractivity contribution is 6.35. The van der Waals surface area contributed by atoms with Gasteiger partial charge < -0.3 is 10.3 Å². The van der Waals surface area contributed by atoms with E-state index in [4.69, 9.17) is 11.6 Å². The van der Waals surface area contributed by atoms with Crippen LogP contribution < -0.4 is 5.32 Å². The van der Waals surface area contributed by atoms with Crippen LogP contribution in [0.4, 0.5) is 0 Å². The van der Waals surface area contributed by atoms with Gasteiger partial charge in [-0.3, -0.25) is 4.79 Å². The summed E-state index contributed by atoms with van der Waals surface area (Å²) in [6, 6.07) is 23.6. The molecule has 4 rings (SSSR count). The molecule has 0 saturated heterocycles. The number of carbonyl (C=O) groups is 1. The third-order valence-electron chi connectivity index (χ3n) is 5.21. The zero-order valence-electron chi connectivity index (χ0n) is 16.3. The average Bonchev–Trinajstić information content (AvgIpc) is 3.18. The van der Waals surface area contributed by atoms with Crippen molar-refractivity contribution in [3.8, 4) is 0 Å². The Kier molecular flexibility index (Phi) is 5.79. The van der Waals surface area contributed by atoms with Crippen LogP contribution in [0.1, 0.15) is 33.1 Å². The maximum absolute atomic E-state index is 13.5. The van der Waals surface area contributed by atoms with Crippen LogP contribution in [-0.4, -0.2) is 17.3 Å². The van der Waals surface area contributed by atoms with Crippen LogP contribution in [0.2, 0.25) is 5.02 Å². The first-order valence-corrected chi connectivity index (χ1v) is 10.1. The van der Waals surface area contributed by atoms with E-state index in [0.29, 0.717) is 17.1 Å². The third kappa shape index (κ3) is 4.26. The Bertz CT molecular complexity index is 1120. The fourth-order valence-electron chi connectivity index (χ4n) is 3.60. The summed E-state index contributed by atoms with van der Waals surface area (Å²) in [7, 11) is 0. The molecule has 0 spiro atoms. The maximum atomic E-state index is 13.5. The largest absolute Gasteiger partial charge is 0.359 e. The molecule has 0 unspecified atom stereocenters. The summed E-state index contributed by atoms with van der Waals surface area (Å²) in [6.45, 7) is 2.79. The number of benzene rings is 3. The van der Waals surface area contributed by atoms with E-state index in [0.717, 1.165) is 22.9 Å². The smallest absolute Gasteiger partial charge is 0.186 e. The minimum absolute atomic E-state index is 0.0358. The zero-order chi connectivity index (χ0) is 20.2. The number of hydrogen-bond acceptors (Lipinski definition) is 2. The second kappa shape index (κ2) is 8.64. The predicted molar refractivity (Wildman–Crippen MR) is 120 cm³/mol. The van der Waals surface area contributed by atoms with Gasteiger partial charge in [0, 0.05) is 23.7 Å². The van der Waals surface area contributed by atoms with Gasteiger partial charge in [0.05, 0.1) is 16.6 Å². The number of para-hydroxylation sites is 1. The highest BCUT2D eigenvalue weighted by Gasteiger charge is 2.24. The quantitative estimate of drug-likeness (QED) is 0.379. The SMILES string of the molecule is Cc1ccc(CCN[C@@H](C(=O)c2c[nH]c3c(Cl)cccc23)c2ccccc2)cc1. The molecule has 2 N–H and O–H groups in total. The van der Waals surface area contributed by atoms with E-state index in [2.05, 4.69) is 41.5 Å². The van der Waals surface area contributed by atoms with Crippen molar-refractivity contribution in [2.45, 2.75) is 19.4 Å². The average molecular weight is 403 g/mol. The molecule has 0 aliphatic carbocycles. The van der Waals surface area contributed by atoms with E-state index in [-0.39, 0.29) is 5.78 Å². The number of nitrogens with one attached hydrogen (secondary N) is 2. The number of fused-ring (bicyclic) bond motifs is 1. The molecule has 0 fully saturated rings. The summed E-state index contributed by atoms with van der Waals surface area (Å²) < 4.78 is 0. The van der Waals surface area contributed by atoms with Crippen LogP contribution in [0, 0.1) is 6.92 Å². The lowest BCUT2D eigenvalue weighted by Gasteiger charge is -2.18. The molecule has 0 radical (unpaired) electrons. The van der Waals surface area contributed by atoms with Gasteiger partial charge in [-0.25, -0.2) is 0 Å². The van der Waals surface area contributed by atoms with E-state index in [9.17, 15) is 4.79 Å². The molecule has 4 heteroatoms. The molecular weight excluding hydrogens is 380 g/mol. The number of aryl methyl sites for hydroxylation is 1. The number of H-pyrrole nitrogens is 1. The number of rotatable bonds is 7. The Morgan fingerprint density at radius 1 is 1.00 bits per heavy atom. The molecular formula is C25H23ClN2O. The van der Waals surface area contributed by atoms with Crippen molar-refractivity contribution in [1.82, 2.24) is 10.3 Å². The zero-order valence-corrected chi connectivity index (χ0v) is 17.0. The van der Waals surface area contributed by atoms with Gasteiger partial charge in [0.2, 0.25) is 0 Å². The Morgan fingerprint density at radius 2 is 1.76 bits per heavy atom. The summed E-state index contributed by atoms with van der Waals surface area (Å²) in [6.07, 6.45) is 2.62. The number of halogens is 1. The molecule has 1 aromatic heterocycles. The standard InChI is InChI=1S/C25H23ClN2O/c1-17-10-12-18(13-11-17)14-15-27-23(19-6-3-2-4-7-19)25(29)21-16-28-24-20(21)8-5-9-22(24)26/h2-13,16,23,27-28H,14-15H2,1H3/t23-/m1/s1. The fraction of sp³-hybridized carbons (Fsp3) is 0.160. The van der Waals surface area contributed by atoms with Crippen LogP contribution in [-0.2, 0) is 6.42 Å². The second-order valence-corrected chi connectivity index (χ2v) is 7.67. The van der Waals surface area contributed by atoms with Crippen LogP contribution in [0.3, 0.4) is 0 Å². The number of carbonyl (C=O) groups excluding carboxylic acids is 1. The van der Waals surface area contributed by atoms with Gasteiger partial charge in [0.15, 0.2) is 5.78 Å². The Labute approximate surface area is 175 Å². The molecule has 0 bridgehead atoms. The molecule has 3 nitrogen and oxygen atoms in total. The lowest BCUT2D eigenvalue weighted by atomic mass is 9.96. The third-order valence-corrected chi connectivity index (χ3v) is 5.52. The molecule has 1 atom stereocenters. The molecule has 4 aromatic rings. The summed E-state index contributed by atoms with van der Waals surface area (Å²) in [5.41, 5.74) is 4.90. The minimum Gasteiger partial charge on any atom is -0.359 e. The molecule has 0 saturated carbocycles. The molecule has 0 aliphatic rings. The molecule has 1 heterocycles. The number of ketones is 1. The Morgan fingerprint density at radius 3 is 2.52 bits per heavy atom. The molecule has 146 valence electrons. The summed E-state index contributed by atoms with van der Waals surface area (Å²) in [5.74, 6) is 0.0358. The van der Waals surface area contributed by atoms with Crippen molar-refractivity contribution >= 4 is 28.3 Å². The molecule has 0 amide bonds. The maximum Gasteiger partial charge on any atom is 0.186 e. The summed E-state index contributed by atoms with van der Waals surface area (Å²) >= 11 is 6.28. The number of hydrogen-bond donors (Lipinski definition) is 2. The van der Waals surface area contributed by atoms with Crippen molar-refractivity contribution in [3.63, 3.8) is 0 Å². The normalized spacial score (nSPS) is 12.2. The van der Waals surface area contributed by atoms with E-state index in [1.54, 1.807) is 6.20 Å². The van der Waals surface area contributed by atoms with Crippen LogP contribution in [0.5, 0.6) is 0 Å². The van der Waals surface area contributed by atoms with Gasteiger partial charge in [-0.15, -0.1) is 0 Å². The van der Waals surface area contributed by atoms with Crippen LogP contribution >= 0.6 is 11.6 Å². The van der Waals surface area contributed by atoms with Crippen LogP contribution in [0.25, 0.3) is 10.9 Å². The first-order chi connectivity index (χ1) is 14.1. The highest BCUT2D eigenvalue weighted by atomic mass is 35.5. The number of aromatic amines is 1. The molecule has 29 heavy (non-hydrogen) atoms. The van der Waals surface area contributed by atoms with E-state index >= 15 is 0 Å². The van der Waals surface area contributed by atoms with E-state index < -0.39 is 6.04 Å². The fourth-order valence-corrected chi connectivity index (χ4v) is 3.83. The Hall–Kier alpha value is -2.88. The first kappa shape index (κ1) is 19.4. The van der Waals surface area contributed by atoms with Gasteiger partial charge in [-0.2, -0.15) is 0 Å². The summed E-state index contributed by atoms with van der Waals surface area (Å²) in [5, 5.41) is 4.94. The van der Waals surface area contributed by atoms with Gasteiger partial charge >= 0.3 is 0 Å². The predicted octanol–water partition coefficient (Wildman–Crippen LogP) is 5.89. The van der Waals surface area contributed by atoms with Gasteiger partial charge in [0.1, 0.15) is 0 Å². The minimum atomic E-state index is -0.417. The van der Waals surface area contributed by atoms with Crippen molar-refractivity contribution in [1.29, 1.82) is 0 Å². The number of aromatic nitrogens is 1.